The van der Waals surface area contributed by atoms with Gasteiger partial charge in [0, 0.05) is 18.4 Å². The molecule has 0 radical (unpaired) electrons. The van der Waals surface area contributed by atoms with Crippen LogP contribution in [0.2, 0.25) is 0 Å². The van der Waals surface area contributed by atoms with Crippen LogP contribution in [0.3, 0.4) is 0 Å². The van der Waals surface area contributed by atoms with Gasteiger partial charge in [-0.1, -0.05) is 5.92 Å². The topological polar surface area (TPSA) is 40.5 Å². The van der Waals surface area contributed by atoms with Crippen LogP contribution in [-0.2, 0) is 4.79 Å². The van der Waals surface area contributed by atoms with Crippen LogP contribution in [0.4, 0.5) is 0 Å². The summed E-state index contributed by atoms with van der Waals surface area (Å²) in [6, 6.07) is 0.469. The lowest BCUT2D eigenvalue weighted by Crippen LogP contribution is -2.24. The average Bonchev–Trinajstić information content (AvgIpc) is 2.36. The Balaban J connectivity index is 2.33. The Bertz CT molecular complexity index is 226. The summed E-state index contributed by atoms with van der Waals surface area (Å²) in [6.07, 6.45) is 3.03. The maximum atomic E-state index is 10.1. The minimum absolute atomic E-state index is 0.469. The first-order chi connectivity index (χ1) is 5.70. The quantitative estimate of drug-likeness (QED) is 0.580. The fourth-order valence-electron chi connectivity index (χ4n) is 1.48. The molecule has 1 rings (SSSR count). The van der Waals surface area contributed by atoms with E-state index in [4.69, 9.17) is 5.11 Å². The van der Waals surface area contributed by atoms with Crippen molar-refractivity contribution in [3.05, 3.63) is 0 Å². The van der Waals surface area contributed by atoms with E-state index in [-0.39, 0.29) is 0 Å². The minimum Gasteiger partial charge on any atom is -0.472 e. The fourth-order valence-corrected chi connectivity index (χ4v) is 1.48. The molecule has 1 aliphatic heterocycles. The third kappa shape index (κ3) is 2.55. The Morgan fingerprint density at radius 1 is 1.75 bits per heavy atom. The van der Waals surface area contributed by atoms with E-state index in [2.05, 4.69) is 23.8 Å². The highest BCUT2D eigenvalue weighted by atomic mass is 16.4. The number of hydrogen-bond acceptors (Lipinski definition) is 2. The van der Waals surface area contributed by atoms with Gasteiger partial charge in [-0.25, -0.2) is 4.79 Å². The Morgan fingerprint density at radius 2 is 2.50 bits per heavy atom. The second-order valence-corrected chi connectivity index (χ2v) is 3.09. The summed E-state index contributed by atoms with van der Waals surface area (Å²) in [7, 11) is 2.06. The number of hydrogen-bond donors (Lipinski definition) is 1. The van der Waals surface area contributed by atoms with Crippen molar-refractivity contribution in [3.8, 4) is 11.8 Å². The first-order valence-corrected chi connectivity index (χ1v) is 4.12. The third-order valence-corrected chi connectivity index (χ3v) is 2.20. The van der Waals surface area contributed by atoms with E-state index in [0.717, 1.165) is 13.0 Å². The van der Waals surface area contributed by atoms with Crippen LogP contribution in [0.25, 0.3) is 0 Å². The molecule has 3 heteroatoms. The predicted molar refractivity (Wildman–Crippen MR) is 45.7 cm³/mol. The number of nitrogens with zero attached hydrogens (tertiary/aromatic N) is 1. The highest BCUT2D eigenvalue weighted by Gasteiger charge is 2.19. The number of likely N-dealkylation sites (tertiary alicyclic amines) is 1. The summed E-state index contributed by atoms with van der Waals surface area (Å²) in [5, 5.41) is 8.27. The van der Waals surface area contributed by atoms with E-state index in [0.29, 0.717) is 12.5 Å². The van der Waals surface area contributed by atoms with Crippen molar-refractivity contribution in [2.75, 3.05) is 13.6 Å². The Hall–Kier alpha value is -1.01. The molecule has 66 valence electrons. The molecule has 12 heavy (non-hydrogen) atoms. The van der Waals surface area contributed by atoms with Crippen molar-refractivity contribution in [3.63, 3.8) is 0 Å². The summed E-state index contributed by atoms with van der Waals surface area (Å²) < 4.78 is 0. The molecular weight excluding hydrogens is 154 g/mol. The Labute approximate surface area is 72.4 Å². The molecule has 0 unspecified atom stereocenters. The van der Waals surface area contributed by atoms with Crippen molar-refractivity contribution < 1.29 is 9.90 Å². The van der Waals surface area contributed by atoms with Gasteiger partial charge in [-0.3, -0.25) is 0 Å². The van der Waals surface area contributed by atoms with Crippen molar-refractivity contribution in [2.45, 2.75) is 25.3 Å². The minimum atomic E-state index is -1.03. The first-order valence-electron chi connectivity index (χ1n) is 4.12. The second-order valence-electron chi connectivity index (χ2n) is 3.09. The van der Waals surface area contributed by atoms with Crippen LogP contribution in [0.1, 0.15) is 19.3 Å². The lowest BCUT2D eigenvalue weighted by molar-refractivity contribution is -0.130. The van der Waals surface area contributed by atoms with Gasteiger partial charge < -0.3 is 10.0 Å². The highest BCUT2D eigenvalue weighted by Crippen LogP contribution is 2.16. The van der Waals surface area contributed by atoms with E-state index < -0.39 is 5.97 Å². The Kier molecular flexibility index (Phi) is 3.12. The van der Waals surface area contributed by atoms with Gasteiger partial charge in [0.25, 0.3) is 0 Å². The normalized spacial score (nSPS) is 23.2. The summed E-state index contributed by atoms with van der Waals surface area (Å²) in [5.74, 6) is 3.77. The molecule has 0 aliphatic carbocycles. The molecule has 0 aromatic heterocycles. The molecule has 1 N–H and O–H groups in total. The van der Waals surface area contributed by atoms with E-state index in [9.17, 15) is 4.79 Å². The highest BCUT2D eigenvalue weighted by molar-refractivity contribution is 5.86. The van der Waals surface area contributed by atoms with E-state index in [1.807, 2.05) is 0 Å². The number of aliphatic carboxylic acids is 1. The van der Waals surface area contributed by atoms with E-state index in [1.165, 1.54) is 6.42 Å². The fraction of sp³-hybridized carbons (Fsp3) is 0.667. The summed E-state index contributed by atoms with van der Waals surface area (Å²) in [4.78, 5) is 12.3. The molecule has 1 aliphatic rings. The maximum absolute atomic E-state index is 10.1. The molecule has 0 aromatic carbocycles. The Morgan fingerprint density at radius 3 is 3.00 bits per heavy atom. The molecule has 0 aromatic rings. The molecule has 0 saturated carbocycles. The van der Waals surface area contributed by atoms with Gasteiger partial charge in [0.05, 0.1) is 0 Å². The van der Waals surface area contributed by atoms with Crippen LogP contribution < -0.4 is 0 Å². The SMILES string of the molecule is CN1CCC[C@H]1CC#CC(=O)O. The molecule has 0 bridgehead atoms. The molecule has 0 spiro atoms. The van der Waals surface area contributed by atoms with Gasteiger partial charge >= 0.3 is 5.97 Å². The molecule has 1 fully saturated rings. The number of carbonyl (C=O) groups is 1. The number of carboxylic acid groups (broad SMARTS) is 1. The number of rotatable bonds is 1. The zero-order valence-electron chi connectivity index (χ0n) is 7.21. The van der Waals surface area contributed by atoms with Crippen LogP contribution in [0.15, 0.2) is 0 Å². The zero-order chi connectivity index (χ0) is 8.97. The number of carboxylic acids is 1. The standard InChI is InChI=1S/C9H13NO2/c1-10-7-3-5-8(10)4-2-6-9(11)12/h8H,3-5,7H2,1H3,(H,11,12)/t8-/m1/s1. The van der Waals surface area contributed by atoms with Crippen LogP contribution in [-0.4, -0.2) is 35.6 Å². The van der Waals surface area contributed by atoms with Gasteiger partial charge in [0.2, 0.25) is 0 Å². The van der Waals surface area contributed by atoms with Gasteiger partial charge in [0.15, 0.2) is 0 Å². The monoisotopic (exact) mass is 167 g/mol. The average molecular weight is 167 g/mol. The molecule has 3 nitrogen and oxygen atoms in total. The maximum Gasteiger partial charge on any atom is 0.381 e. The van der Waals surface area contributed by atoms with Crippen LogP contribution in [0, 0.1) is 11.8 Å². The van der Waals surface area contributed by atoms with Gasteiger partial charge in [-0.05, 0) is 26.4 Å². The summed E-state index contributed by atoms with van der Waals surface area (Å²) >= 11 is 0. The van der Waals surface area contributed by atoms with Crippen molar-refractivity contribution in [2.24, 2.45) is 0 Å². The molecular formula is C9H13NO2. The van der Waals surface area contributed by atoms with Crippen molar-refractivity contribution in [1.29, 1.82) is 0 Å². The predicted octanol–water partition coefficient (Wildman–Crippen LogP) is 0.559. The van der Waals surface area contributed by atoms with Crippen LogP contribution >= 0.6 is 0 Å². The lowest BCUT2D eigenvalue weighted by Gasteiger charge is -2.15. The van der Waals surface area contributed by atoms with E-state index in [1.54, 1.807) is 0 Å². The molecule has 1 heterocycles. The van der Waals surface area contributed by atoms with Gasteiger partial charge in [-0.15, -0.1) is 0 Å². The molecule has 1 atom stereocenters. The summed E-state index contributed by atoms with van der Waals surface area (Å²) in [6.45, 7) is 1.11. The molecule has 1 saturated heterocycles. The summed E-state index contributed by atoms with van der Waals surface area (Å²) in [5.41, 5.74) is 0. The van der Waals surface area contributed by atoms with E-state index >= 15 is 0 Å². The second kappa shape index (κ2) is 4.13. The molecule has 0 amide bonds. The van der Waals surface area contributed by atoms with Gasteiger partial charge in [-0.2, -0.15) is 0 Å². The smallest absolute Gasteiger partial charge is 0.381 e. The lowest BCUT2D eigenvalue weighted by atomic mass is 10.1. The zero-order valence-corrected chi connectivity index (χ0v) is 7.21. The van der Waals surface area contributed by atoms with Gasteiger partial charge in [0.1, 0.15) is 0 Å². The third-order valence-electron chi connectivity index (χ3n) is 2.20. The van der Waals surface area contributed by atoms with Crippen molar-refractivity contribution in [1.82, 2.24) is 4.90 Å². The van der Waals surface area contributed by atoms with Crippen molar-refractivity contribution >= 4 is 5.97 Å². The first kappa shape index (κ1) is 9.08. The largest absolute Gasteiger partial charge is 0.472 e. The van der Waals surface area contributed by atoms with Crippen LogP contribution in [0.5, 0.6) is 0 Å².